The molecule has 33 heavy (non-hydrogen) atoms. The van der Waals surface area contributed by atoms with Gasteiger partial charge in [0.25, 0.3) is 11.8 Å². The summed E-state index contributed by atoms with van der Waals surface area (Å²) >= 11 is 6.22. The van der Waals surface area contributed by atoms with Crippen LogP contribution < -0.4 is 0 Å². The summed E-state index contributed by atoms with van der Waals surface area (Å²) in [7, 11) is 0. The maximum absolute atomic E-state index is 13.7. The molecule has 0 unspecified atom stereocenters. The maximum Gasteiger partial charge on any atom is 0.289 e. The van der Waals surface area contributed by atoms with Gasteiger partial charge in [-0.25, -0.2) is 4.98 Å². The molecule has 2 amide bonds. The molecule has 166 valence electrons. The molecule has 5 rings (SSSR count). The van der Waals surface area contributed by atoms with Crippen LogP contribution >= 0.6 is 11.6 Å². The van der Waals surface area contributed by atoms with Crippen LogP contribution in [0.15, 0.2) is 71.3 Å². The molecule has 1 aliphatic rings. The van der Waals surface area contributed by atoms with Crippen molar-refractivity contribution in [3.8, 4) is 11.3 Å². The molecule has 3 heterocycles. The van der Waals surface area contributed by atoms with Crippen LogP contribution in [0.3, 0.4) is 0 Å². The zero-order valence-electron chi connectivity index (χ0n) is 18.1. The van der Waals surface area contributed by atoms with Crippen LogP contribution in [0.1, 0.15) is 26.5 Å². The van der Waals surface area contributed by atoms with Gasteiger partial charge in [0, 0.05) is 42.2 Å². The van der Waals surface area contributed by atoms with E-state index in [1.54, 1.807) is 17.0 Å². The third-order valence-electron chi connectivity index (χ3n) is 6.03. The van der Waals surface area contributed by atoms with Crippen molar-refractivity contribution >= 4 is 34.3 Å². The maximum atomic E-state index is 13.7. The number of piperazine rings is 1. The fourth-order valence-electron chi connectivity index (χ4n) is 4.33. The van der Waals surface area contributed by atoms with Gasteiger partial charge in [0.05, 0.1) is 23.0 Å². The van der Waals surface area contributed by atoms with Gasteiger partial charge >= 0.3 is 0 Å². The zero-order chi connectivity index (χ0) is 22.9. The predicted octanol–water partition coefficient (Wildman–Crippen LogP) is 5.05. The minimum atomic E-state index is -0.152. The van der Waals surface area contributed by atoms with Crippen molar-refractivity contribution in [3.63, 3.8) is 0 Å². The molecule has 1 saturated heterocycles. The summed E-state index contributed by atoms with van der Waals surface area (Å²) in [6.45, 7) is 3.74. The molecule has 7 heteroatoms. The highest BCUT2D eigenvalue weighted by Crippen LogP contribution is 2.32. The summed E-state index contributed by atoms with van der Waals surface area (Å²) < 4.78 is 5.23. The average Bonchev–Trinajstić information content (AvgIpc) is 3.38. The Morgan fingerprint density at radius 3 is 2.33 bits per heavy atom. The topological polar surface area (TPSA) is 66.7 Å². The summed E-state index contributed by atoms with van der Waals surface area (Å²) in [5.41, 5.74) is 3.82. The first kappa shape index (κ1) is 21.2. The fraction of sp³-hybridized carbons (Fsp3) is 0.192. The Kier molecular flexibility index (Phi) is 5.60. The number of furan rings is 1. The molecule has 0 atom stereocenters. The summed E-state index contributed by atoms with van der Waals surface area (Å²) in [5, 5.41) is 1.44. The van der Waals surface area contributed by atoms with E-state index in [2.05, 4.69) is 0 Å². The first-order chi connectivity index (χ1) is 16.0. The van der Waals surface area contributed by atoms with E-state index in [1.165, 1.54) is 6.26 Å². The molecule has 6 nitrogen and oxygen atoms in total. The van der Waals surface area contributed by atoms with Gasteiger partial charge in [0.1, 0.15) is 0 Å². The third-order valence-corrected chi connectivity index (χ3v) is 6.27. The lowest BCUT2D eigenvalue weighted by Crippen LogP contribution is -2.50. The monoisotopic (exact) mass is 459 g/mol. The molecule has 0 bridgehead atoms. The fourth-order valence-corrected chi connectivity index (χ4v) is 4.52. The number of hydrogen-bond donors (Lipinski definition) is 0. The molecule has 0 aliphatic carbocycles. The quantitative estimate of drug-likeness (QED) is 0.429. The highest BCUT2D eigenvalue weighted by atomic mass is 35.5. The van der Waals surface area contributed by atoms with Crippen LogP contribution in [-0.4, -0.2) is 52.8 Å². The van der Waals surface area contributed by atoms with Crippen molar-refractivity contribution in [3.05, 3.63) is 88.8 Å². The Morgan fingerprint density at radius 2 is 1.64 bits per heavy atom. The first-order valence-electron chi connectivity index (χ1n) is 10.8. The van der Waals surface area contributed by atoms with Gasteiger partial charge in [-0.15, -0.1) is 0 Å². The van der Waals surface area contributed by atoms with Gasteiger partial charge in [0.2, 0.25) is 0 Å². The van der Waals surface area contributed by atoms with Crippen molar-refractivity contribution in [2.45, 2.75) is 6.92 Å². The van der Waals surface area contributed by atoms with E-state index in [9.17, 15) is 9.59 Å². The number of para-hydroxylation sites is 1. The second-order valence-electron chi connectivity index (χ2n) is 8.05. The standard InChI is InChI=1S/C26H22ClN3O3/c1-17-23(26(32)30-13-11-29(12-14-30)25(31)22-10-5-15-33-22)20-8-2-3-9-21(20)28-24(17)18-6-4-7-19(27)16-18/h2-10,15-16H,11-14H2,1H3. The number of carbonyl (C=O) groups excluding carboxylic acids is 2. The number of aromatic nitrogens is 1. The number of benzene rings is 2. The predicted molar refractivity (Wildman–Crippen MR) is 127 cm³/mol. The lowest BCUT2D eigenvalue weighted by atomic mass is 9.96. The van der Waals surface area contributed by atoms with Gasteiger partial charge in [-0.05, 0) is 42.8 Å². The average molecular weight is 460 g/mol. The van der Waals surface area contributed by atoms with Gasteiger partial charge in [-0.1, -0.05) is 41.9 Å². The second kappa shape index (κ2) is 8.71. The molecule has 4 aromatic rings. The summed E-state index contributed by atoms with van der Waals surface area (Å²) in [4.78, 5) is 34.7. The number of pyridine rings is 1. The van der Waals surface area contributed by atoms with E-state index in [0.29, 0.717) is 42.5 Å². The van der Waals surface area contributed by atoms with Crippen molar-refractivity contribution in [1.82, 2.24) is 14.8 Å². The van der Waals surface area contributed by atoms with E-state index < -0.39 is 0 Å². The van der Waals surface area contributed by atoms with Crippen LogP contribution in [0.4, 0.5) is 0 Å². The molecule has 2 aromatic carbocycles. The van der Waals surface area contributed by atoms with Gasteiger partial charge < -0.3 is 14.2 Å². The Balaban J connectivity index is 1.47. The molecule has 2 aromatic heterocycles. The van der Waals surface area contributed by atoms with Crippen LogP contribution in [0.25, 0.3) is 22.2 Å². The van der Waals surface area contributed by atoms with Crippen molar-refractivity contribution in [2.24, 2.45) is 0 Å². The molecule has 0 spiro atoms. The largest absolute Gasteiger partial charge is 0.459 e. The summed E-state index contributed by atoms with van der Waals surface area (Å²) in [6, 6.07) is 18.5. The second-order valence-corrected chi connectivity index (χ2v) is 8.49. The minimum Gasteiger partial charge on any atom is -0.459 e. The number of carbonyl (C=O) groups is 2. The smallest absolute Gasteiger partial charge is 0.289 e. The Morgan fingerprint density at radius 1 is 0.909 bits per heavy atom. The molecular formula is C26H22ClN3O3. The number of nitrogens with zero attached hydrogens (tertiary/aromatic N) is 3. The van der Waals surface area contributed by atoms with E-state index in [-0.39, 0.29) is 11.8 Å². The first-order valence-corrected chi connectivity index (χ1v) is 11.2. The van der Waals surface area contributed by atoms with Gasteiger partial charge in [-0.3, -0.25) is 9.59 Å². The van der Waals surface area contributed by atoms with Crippen molar-refractivity contribution in [1.29, 1.82) is 0 Å². The highest BCUT2D eigenvalue weighted by molar-refractivity contribution is 6.30. The van der Waals surface area contributed by atoms with Crippen LogP contribution in [0.5, 0.6) is 0 Å². The van der Waals surface area contributed by atoms with Crippen molar-refractivity contribution < 1.29 is 14.0 Å². The highest BCUT2D eigenvalue weighted by Gasteiger charge is 2.29. The number of amides is 2. The van der Waals surface area contributed by atoms with E-state index in [0.717, 1.165) is 27.7 Å². The van der Waals surface area contributed by atoms with E-state index in [1.807, 2.05) is 60.4 Å². The number of rotatable bonds is 3. The molecule has 0 N–H and O–H groups in total. The normalized spacial score (nSPS) is 14.0. The molecular weight excluding hydrogens is 438 g/mol. The third kappa shape index (κ3) is 3.98. The summed E-state index contributed by atoms with van der Waals surface area (Å²) in [5.74, 6) is 0.109. The Bertz CT molecular complexity index is 1340. The number of hydrogen-bond acceptors (Lipinski definition) is 4. The van der Waals surface area contributed by atoms with E-state index in [4.69, 9.17) is 21.0 Å². The van der Waals surface area contributed by atoms with Crippen LogP contribution in [0, 0.1) is 6.92 Å². The van der Waals surface area contributed by atoms with E-state index >= 15 is 0 Å². The van der Waals surface area contributed by atoms with Gasteiger partial charge in [0.15, 0.2) is 5.76 Å². The molecule has 0 radical (unpaired) electrons. The lowest BCUT2D eigenvalue weighted by Gasteiger charge is -2.35. The van der Waals surface area contributed by atoms with Gasteiger partial charge in [-0.2, -0.15) is 0 Å². The minimum absolute atomic E-state index is 0.0560. The lowest BCUT2D eigenvalue weighted by molar-refractivity contribution is 0.0518. The SMILES string of the molecule is Cc1c(-c2cccc(Cl)c2)nc2ccccc2c1C(=O)N1CCN(C(=O)c2ccco2)CC1. The zero-order valence-corrected chi connectivity index (χ0v) is 18.9. The van der Waals surface area contributed by atoms with Crippen LogP contribution in [-0.2, 0) is 0 Å². The van der Waals surface area contributed by atoms with Crippen molar-refractivity contribution in [2.75, 3.05) is 26.2 Å². The summed E-state index contributed by atoms with van der Waals surface area (Å²) in [6.07, 6.45) is 1.49. The Hall–Kier alpha value is -3.64. The molecule has 1 fully saturated rings. The van der Waals surface area contributed by atoms with Crippen LogP contribution in [0.2, 0.25) is 5.02 Å². The Labute approximate surface area is 196 Å². The molecule has 0 saturated carbocycles. The number of fused-ring (bicyclic) bond motifs is 1. The number of halogens is 1. The molecule has 1 aliphatic heterocycles.